The summed E-state index contributed by atoms with van der Waals surface area (Å²) in [5.41, 5.74) is 2.34. The van der Waals surface area contributed by atoms with E-state index in [1.165, 1.54) is 15.9 Å². The van der Waals surface area contributed by atoms with Crippen LogP contribution in [-0.4, -0.2) is 32.8 Å². The van der Waals surface area contributed by atoms with Crippen LogP contribution in [0.2, 0.25) is 0 Å². The monoisotopic (exact) mass is 235 g/mol. The predicted molar refractivity (Wildman–Crippen MR) is 56.8 cm³/mol. The average Bonchev–Trinajstić information content (AvgIpc) is 2.62. The first-order chi connectivity index (χ1) is 6.34. The van der Waals surface area contributed by atoms with Gasteiger partial charge in [-0.2, -0.15) is 0 Å². The molecule has 1 unspecified atom stereocenters. The SMILES string of the molecule is [AsH2]C1=Cc2[nH]c3cccn3c2NC1. The fourth-order valence-corrected chi connectivity index (χ4v) is 2.28. The van der Waals surface area contributed by atoms with Crippen molar-refractivity contribution in [3.63, 3.8) is 0 Å². The van der Waals surface area contributed by atoms with Gasteiger partial charge in [0, 0.05) is 0 Å². The molecular weight excluding hydrogens is 225 g/mol. The quantitative estimate of drug-likeness (QED) is 0.646. The number of rotatable bonds is 0. The van der Waals surface area contributed by atoms with Crippen molar-refractivity contribution in [1.29, 1.82) is 0 Å². The number of fused-ring (bicyclic) bond motifs is 3. The Bertz CT molecular complexity index is 492. The number of nitrogens with one attached hydrogen (secondary N) is 2. The molecule has 2 aromatic heterocycles. The normalized spacial score (nSPS) is 15.3. The minimum absolute atomic E-state index is 0.970. The van der Waals surface area contributed by atoms with Crippen LogP contribution in [0.3, 0.4) is 0 Å². The number of nitrogens with zero attached hydrogens (tertiary/aromatic N) is 1. The van der Waals surface area contributed by atoms with Crippen molar-refractivity contribution in [3.05, 3.63) is 28.4 Å². The van der Waals surface area contributed by atoms with Crippen molar-refractivity contribution in [3.8, 4) is 0 Å². The molecule has 0 saturated heterocycles. The fraction of sp³-hybridized carbons (Fsp3) is 0.111. The van der Waals surface area contributed by atoms with Gasteiger partial charge in [0.1, 0.15) is 0 Å². The Balaban J connectivity index is 2.35. The van der Waals surface area contributed by atoms with Crippen molar-refractivity contribution < 1.29 is 0 Å². The van der Waals surface area contributed by atoms with Gasteiger partial charge in [-0.25, -0.2) is 0 Å². The summed E-state index contributed by atoms with van der Waals surface area (Å²) >= 11 is 1.68. The number of hydrogen-bond acceptors (Lipinski definition) is 1. The van der Waals surface area contributed by atoms with Crippen LogP contribution in [0.4, 0.5) is 5.82 Å². The van der Waals surface area contributed by atoms with E-state index in [1.54, 1.807) is 16.9 Å². The van der Waals surface area contributed by atoms with Crippen LogP contribution >= 0.6 is 0 Å². The molecule has 2 N–H and O–H groups in total. The van der Waals surface area contributed by atoms with E-state index in [-0.39, 0.29) is 0 Å². The van der Waals surface area contributed by atoms with Crippen LogP contribution < -0.4 is 5.32 Å². The van der Waals surface area contributed by atoms with E-state index in [0.717, 1.165) is 12.2 Å². The Morgan fingerprint density at radius 3 is 3.31 bits per heavy atom. The van der Waals surface area contributed by atoms with E-state index in [0.29, 0.717) is 0 Å². The summed E-state index contributed by atoms with van der Waals surface area (Å²) in [4.78, 5) is 3.36. The number of aromatic amines is 1. The van der Waals surface area contributed by atoms with Crippen molar-refractivity contribution in [2.75, 3.05) is 11.9 Å². The van der Waals surface area contributed by atoms with E-state index < -0.39 is 0 Å². The van der Waals surface area contributed by atoms with E-state index in [2.05, 4.69) is 33.0 Å². The van der Waals surface area contributed by atoms with Gasteiger partial charge in [-0.3, -0.25) is 0 Å². The van der Waals surface area contributed by atoms with Crippen LogP contribution in [0, 0.1) is 0 Å². The second-order valence-corrected chi connectivity index (χ2v) is 4.78. The van der Waals surface area contributed by atoms with Crippen LogP contribution in [0.1, 0.15) is 5.69 Å². The molecule has 1 aliphatic rings. The number of hydrogen-bond donors (Lipinski definition) is 2. The Hall–Kier alpha value is -1.08. The summed E-state index contributed by atoms with van der Waals surface area (Å²) in [7, 11) is 0. The van der Waals surface area contributed by atoms with Gasteiger partial charge in [0.25, 0.3) is 0 Å². The van der Waals surface area contributed by atoms with Crippen LogP contribution in [0.25, 0.3) is 11.7 Å². The van der Waals surface area contributed by atoms with Gasteiger partial charge in [0.2, 0.25) is 0 Å². The topological polar surface area (TPSA) is 32.2 Å². The molecular formula is C9H10AsN3. The molecule has 2 aromatic rings. The van der Waals surface area contributed by atoms with E-state index >= 15 is 0 Å². The second-order valence-electron chi connectivity index (χ2n) is 3.22. The standard InChI is InChI=1S/C9H10AsN3/c10-6-4-7-9(11-5-6)13-3-1-2-8(13)12-7/h1-4,11-12H,5,10H2. The number of imidazole rings is 1. The van der Waals surface area contributed by atoms with Gasteiger partial charge >= 0.3 is 84.0 Å². The molecule has 1 aliphatic heterocycles. The molecule has 0 bridgehead atoms. The number of anilines is 1. The van der Waals surface area contributed by atoms with E-state index in [9.17, 15) is 0 Å². The Labute approximate surface area is 84.3 Å². The zero-order chi connectivity index (χ0) is 8.84. The van der Waals surface area contributed by atoms with Gasteiger partial charge in [-0.1, -0.05) is 0 Å². The molecule has 0 aromatic carbocycles. The summed E-state index contributed by atoms with van der Waals surface area (Å²) < 4.78 is 3.56. The van der Waals surface area contributed by atoms with Gasteiger partial charge in [0.15, 0.2) is 0 Å². The van der Waals surface area contributed by atoms with Gasteiger partial charge in [-0.05, 0) is 0 Å². The summed E-state index contributed by atoms with van der Waals surface area (Å²) in [6.45, 7) is 0.970. The first-order valence-electron chi connectivity index (χ1n) is 4.23. The molecule has 0 fully saturated rings. The van der Waals surface area contributed by atoms with Crippen molar-refractivity contribution in [1.82, 2.24) is 9.38 Å². The second kappa shape index (κ2) is 2.45. The van der Waals surface area contributed by atoms with Gasteiger partial charge < -0.3 is 0 Å². The number of H-pyrrole nitrogens is 1. The molecule has 3 nitrogen and oxygen atoms in total. The third kappa shape index (κ3) is 0.970. The molecule has 0 spiro atoms. The van der Waals surface area contributed by atoms with E-state index in [1.807, 2.05) is 6.07 Å². The van der Waals surface area contributed by atoms with Crippen molar-refractivity contribution >= 4 is 34.4 Å². The fourth-order valence-electron chi connectivity index (χ4n) is 1.71. The van der Waals surface area contributed by atoms with Crippen LogP contribution in [0.15, 0.2) is 22.7 Å². The molecule has 66 valence electrons. The zero-order valence-corrected chi connectivity index (χ0v) is 9.46. The zero-order valence-electron chi connectivity index (χ0n) is 7.04. The first-order valence-corrected chi connectivity index (χ1v) is 5.45. The molecule has 1 atom stereocenters. The first kappa shape index (κ1) is 7.33. The predicted octanol–water partition coefficient (Wildman–Crippen LogP) is 0.667. The Morgan fingerprint density at radius 2 is 2.38 bits per heavy atom. The molecule has 0 aliphatic carbocycles. The molecule has 3 heterocycles. The molecule has 13 heavy (non-hydrogen) atoms. The molecule has 0 saturated carbocycles. The average molecular weight is 235 g/mol. The van der Waals surface area contributed by atoms with Crippen LogP contribution in [-0.2, 0) is 0 Å². The molecule has 0 amide bonds. The summed E-state index contributed by atoms with van der Waals surface area (Å²) in [6, 6.07) is 4.12. The molecule has 3 rings (SSSR count). The van der Waals surface area contributed by atoms with Crippen molar-refractivity contribution in [2.45, 2.75) is 0 Å². The maximum atomic E-state index is 3.40. The third-order valence-corrected chi connectivity index (χ3v) is 3.08. The van der Waals surface area contributed by atoms with Gasteiger partial charge in [0.05, 0.1) is 0 Å². The summed E-state index contributed by atoms with van der Waals surface area (Å²) in [5.74, 6) is 1.18. The minimum atomic E-state index is 0.970. The summed E-state index contributed by atoms with van der Waals surface area (Å²) in [6.07, 6.45) is 4.29. The number of aromatic nitrogens is 2. The maximum absolute atomic E-state index is 3.40. The molecule has 0 radical (unpaired) electrons. The van der Waals surface area contributed by atoms with Crippen LogP contribution in [0.5, 0.6) is 0 Å². The Kier molecular flexibility index (Phi) is 1.38. The molecule has 4 heteroatoms. The summed E-state index contributed by atoms with van der Waals surface area (Å²) in [5, 5.41) is 3.40. The van der Waals surface area contributed by atoms with Crippen molar-refractivity contribution in [2.24, 2.45) is 0 Å². The van der Waals surface area contributed by atoms with Gasteiger partial charge in [-0.15, -0.1) is 0 Å². The van der Waals surface area contributed by atoms with E-state index in [4.69, 9.17) is 0 Å². The third-order valence-electron chi connectivity index (χ3n) is 2.30. The Morgan fingerprint density at radius 1 is 1.46 bits per heavy atom.